The summed E-state index contributed by atoms with van der Waals surface area (Å²) in [6, 6.07) is 7.13. The molecule has 3 aromatic heterocycles. The zero-order chi connectivity index (χ0) is 27.5. The summed E-state index contributed by atoms with van der Waals surface area (Å²) in [7, 11) is 0. The molecule has 4 aromatic rings. The number of hydrogen-bond acceptors (Lipinski definition) is 9. The SMILES string of the molecule is C[C@@H]1CNc2c(oc3ccc4nc(Oc5nc(Cl)nc6c5CN(C(=O)OC(C)(C)C)CC6)ccc4c23)C(=O)N1. The minimum atomic E-state index is -0.613. The molecule has 0 bridgehead atoms. The summed E-state index contributed by atoms with van der Waals surface area (Å²) in [4.78, 5) is 40.2. The summed E-state index contributed by atoms with van der Waals surface area (Å²) in [5, 5.41) is 7.88. The Balaban J connectivity index is 1.34. The minimum Gasteiger partial charge on any atom is -0.449 e. The Bertz CT molecular complexity index is 1650. The van der Waals surface area contributed by atoms with E-state index in [-0.39, 0.29) is 35.4 Å². The van der Waals surface area contributed by atoms with Gasteiger partial charge in [-0.3, -0.25) is 4.79 Å². The van der Waals surface area contributed by atoms with Crippen LogP contribution in [0.3, 0.4) is 0 Å². The van der Waals surface area contributed by atoms with Crippen molar-refractivity contribution in [1.82, 2.24) is 25.2 Å². The van der Waals surface area contributed by atoms with Crippen molar-refractivity contribution < 1.29 is 23.5 Å². The first-order valence-electron chi connectivity index (χ1n) is 12.7. The molecule has 2 aliphatic heterocycles. The summed E-state index contributed by atoms with van der Waals surface area (Å²) in [6.45, 7) is 8.63. The Morgan fingerprint density at radius 1 is 1.18 bits per heavy atom. The van der Waals surface area contributed by atoms with E-state index < -0.39 is 11.7 Å². The first-order chi connectivity index (χ1) is 18.6. The van der Waals surface area contributed by atoms with Gasteiger partial charge in [-0.25, -0.2) is 14.8 Å². The van der Waals surface area contributed by atoms with Crippen molar-refractivity contribution in [3.63, 3.8) is 0 Å². The second kappa shape index (κ2) is 9.26. The van der Waals surface area contributed by atoms with Gasteiger partial charge in [-0.15, -0.1) is 0 Å². The standard InChI is InChI=1S/C27H27ClN6O5/c1-13-11-29-21-20-14-5-8-19(31-16(14)6-7-18(20)37-22(21)23(35)30-13)38-24-15-12-34(26(36)39-27(2,3)4)10-9-17(15)32-25(28)33-24/h5-8,13,29H,9-12H2,1-4H3,(H,30,35)/t13-/m1/s1. The van der Waals surface area contributed by atoms with Crippen LogP contribution in [-0.4, -0.2) is 56.6 Å². The summed E-state index contributed by atoms with van der Waals surface area (Å²) < 4.78 is 17.6. The maximum Gasteiger partial charge on any atom is 0.410 e. The van der Waals surface area contributed by atoms with Crippen LogP contribution in [0.5, 0.6) is 11.8 Å². The molecule has 1 atom stereocenters. The molecule has 0 aliphatic carbocycles. The number of nitrogens with zero attached hydrogens (tertiary/aromatic N) is 4. The van der Waals surface area contributed by atoms with Crippen LogP contribution in [-0.2, 0) is 17.7 Å². The lowest BCUT2D eigenvalue weighted by atomic mass is 10.1. The maximum absolute atomic E-state index is 12.7. The lowest BCUT2D eigenvalue weighted by Crippen LogP contribution is -2.40. The minimum absolute atomic E-state index is 0.0416. The molecule has 0 radical (unpaired) electrons. The van der Waals surface area contributed by atoms with Crippen LogP contribution in [0.25, 0.3) is 21.9 Å². The van der Waals surface area contributed by atoms with E-state index in [4.69, 9.17) is 25.5 Å². The highest BCUT2D eigenvalue weighted by Gasteiger charge is 2.30. The number of carbonyl (C=O) groups excluding carboxylic acids is 2. The molecule has 0 saturated carbocycles. The van der Waals surface area contributed by atoms with E-state index in [0.717, 1.165) is 10.8 Å². The van der Waals surface area contributed by atoms with E-state index in [2.05, 4.69) is 25.6 Å². The zero-order valence-corrected chi connectivity index (χ0v) is 22.7. The van der Waals surface area contributed by atoms with Gasteiger partial charge in [0.05, 0.1) is 34.4 Å². The summed E-state index contributed by atoms with van der Waals surface area (Å²) in [5.74, 6) is 0.516. The molecule has 1 aromatic carbocycles. The Kier molecular flexibility index (Phi) is 5.98. The van der Waals surface area contributed by atoms with E-state index in [1.807, 2.05) is 33.8 Å². The van der Waals surface area contributed by atoms with Gasteiger partial charge >= 0.3 is 6.09 Å². The molecule has 39 heavy (non-hydrogen) atoms. The number of pyridine rings is 1. The van der Waals surface area contributed by atoms with Crippen molar-refractivity contribution in [2.75, 3.05) is 18.4 Å². The number of nitrogens with one attached hydrogen (secondary N) is 2. The Hall–Kier alpha value is -4.12. The summed E-state index contributed by atoms with van der Waals surface area (Å²) in [5.41, 5.74) is 2.63. The fourth-order valence-corrected chi connectivity index (χ4v) is 4.96. The highest BCUT2D eigenvalue weighted by atomic mass is 35.5. The highest BCUT2D eigenvalue weighted by Crippen LogP contribution is 2.38. The van der Waals surface area contributed by atoms with Crippen molar-refractivity contribution >= 4 is 51.2 Å². The van der Waals surface area contributed by atoms with Gasteiger partial charge < -0.3 is 29.4 Å². The molecule has 2 N–H and O–H groups in total. The predicted octanol–water partition coefficient (Wildman–Crippen LogP) is 5.05. The fraction of sp³-hybridized carbons (Fsp3) is 0.370. The Morgan fingerprint density at radius 2 is 2.00 bits per heavy atom. The van der Waals surface area contributed by atoms with Gasteiger partial charge in [0.25, 0.3) is 5.91 Å². The van der Waals surface area contributed by atoms with Gasteiger partial charge in [0, 0.05) is 37.0 Å². The number of halogens is 1. The van der Waals surface area contributed by atoms with Crippen LogP contribution >= 0.6 is 11.6 Å². The normalized spacial score (nSPS) is 17.2. The van der Waals surface area contributed by atoms with Crippen molar-refractivity contribution in [3.8, 4) is 11.8 Å². The molecule has 202 valence electrons. The van der Waals surface area contributed by atoms with Crippen molar-refractivity contribution in [1.29, 1.82) is 0 Å². The Morgan fingerprint density at radius 3 is 2.79 bits per heavy atom. The summed E-state index contributed by atoms with van der Waals surface area (Å²) in [6.07, 6.45) is 0.0685. The molecular weight excluding hydrogens is 524 g/mol. The monoisotopic (exact) mass is 550 g/mol. The number of amides is 2. The van der Waals surface area contributed by atoms with E-state index in [9.17, 15) is 9.59 Å². The predicted molar refractivity (Wildman–Crippen MR) is 144 cm³/mol. The van der Waals surface area contributed by atoms with E-state index in [1.54, 1.807) is 23.1 Å². The molecular formula is C27H27ClN6O5. The zero-order valence-electron chi connectivity index (χ0n) is 21.9. The van der Waals surface area contributed by atoms with Gasteiger partial charge in [-0.2, -0.15) is 4.98 Å². The number of rotatable bonds is 2. The van der Waals surface area contributed by atoms with Gasteiger partial charge in [0.1, 0.15) is 11.2 Å². The molecule has 0 fully saturated rings. The average Bonchev–Trinajstić information content (AvgIpc) is 3.18. The number of aromatic nitrogens is 3. The molecule has 5 heterocycles. The lowest BCUT2D eigenvalue weighted by Gasteiger charge is -2.31. The number of anilines is 1. The van der Waals surface area contributed by atoms with Gasteiger partial charge in [0.15, 0.2) is 0 Å². The average molecular weight is 551 g/mol. The third-order valence-electron chi connectivity index (χ3n) is 6.51. The lowest BCUT2D eigenvalue weighted by molar-refractivity contribution is 0.0221. The topological polar surface area (TPSA) is 132 Å². The molecule has 0 unspecified atom stereocenters. The second-order valence-corrected chi connectivity index (χ2v) is 11.0. The van der Waals surface area contributed by atoms with Gasteiger partial charge in [0.2, 0.25) is 22.8 Å². The number of benzene rings is 1. The van der Waals surface area contributed by atoms with E-state index in [1.165, 1.54) is 0 Å². The molecule has 2 amide bonds. The molecule has 2 aliphatic rings. The van der Waals surface area contributed by atoms with E-state index in [0.29, 0.717) is 53.4 Å². The maximum atomic E-state index is 12.7. The fourth-order valence-electron chi connectivity index (χ4n) is 4.78. The smallest absolute Gasteiger partial charge is 0.410 e. The van der Waals surface area contributed by atoms with Crippen LogP contribution in [0, 0.1) is 0 Å². The third kappa shape index (κ3) is 4.78. The number of carbonyl (C=O) groups is 2. The van der Waals surface area contributed by atoms with Crippen LogP contribution < -0.4 is 15.4 Å². The van der Waals surface area contributed by atoms with Crippen molar-refractivity contribution in [3.05, 3.63) is 46.6 Å². The third-order valence-corrected chi connectivity index (χ3v) is 6.68. The molecule has 0 spiro atoms. The van der Waals surface area contributed by atoms with Crippen molar-refractivity contribution in [2.24, 2.45) is 0 Å². The number of hydrogen-bond donors (Lipinski definition) is 2. The first-order valence-corrected chi connectivity index (χ1v) is 13.1. The summed E-state index contributed by atoms with van der Waals surface area (Å²) >= 11 is 6.21. The van der Waals surface area contributed by atoms with Gasteiger partial charge in [-0.1, -0.05) is 0 Å². The van der Waals surface area contributed by atoms with Crippen LogP contribution in [0.2, 0.25) is 5.28 Å². The quantitative estimate of drug-likeness (QED) is 0.329. The first kappa shape index (κ1) is 25.2. The number of fused-ring (bicyclic) bond motifs is 6. The highest BCUT2D eigenvalue weighted by molar-refractivity contribution is 6.28. The van der Waals surface area contributed by atoms with Crippen molar-refractivity contribution in [2.45, 2.75) is 52.3 Å². The number of ether oxygens (including phenoxy) is 2. The molecule has 11 nitrogen and oxygen atoms in total. The van der Waals surface area contributed by atoms with E-state index >= 15 is 0 Å². The number of furan rings is 1. The van der Waals surface area contributed by atoms with Crippen LogP contribution in [0.4, 0.5) is 10.5 Å². The molecule has 12 heteroatoms. The van der Waals surface area contributed by atoms with Crippen LogP contribution in [0.1, 0.15) is 49.5 Å². The van der Waals surface area contributed by atoms with Crippen LogP contribution in [0.15, 0.2) is 28.7 Å². The second-order valence-electron chi connectivity index (χ2n) is 10.7. The van der Waals surface area contributed by atoms with Gasteiger partial charge in [-0.05, 0) is 57.5 Å². The molecule has 6 rings (SSSR count). The Labute approximate surface area is 228 Å². The largest absolute Gasteiger partial charge is 0.449 e. The molecule has 0 saturated heterocycles.